The average molecular weight is 256 g/mol. The van der Waals surface area contributed by atoms with Gasteiger partial charge in [-0.15, -0.1) is 0 Å². The van der Waals surface area contributed by atoms with Gasteiger partial charge in [0.15, 0.2) is 0 Å². The maximum Gasteiger partial charge on any atom is 0.329 e. The highest BCUT2D eigenvalue weighted by Crippen LogP contribution is 2.38. The van der Waals surface area contributed by atoms with Gasteiger partial charge in [-0.1, -0.05) is 18.5 Å². The highest BCUT2D eigenvalue weighted by molar-refractivity contribution is 6.32. The van der Waals surface area contributed by atoms with Gasteiger partial charge in [0, 0.05) is 12.2 Å². The molecule has 1 aromatic heterocycles. The second-order valence-corrected chi connectivity index (χ2v) is 4.61. The summed E-state index contributed by atoms with van der Waals surface area (Å²) in [7, 11) is 0. The molecule has 1 fully saturated rings. The topological polar surface area (TPSA) is 68.1 Å². The zero-order valence-corrected chi connectivity index (χ0v) is 10.3. The summed E-state index contributed by atoms with van der Waals surface area (Å²) in [6, 6.07) is 1.89. The smallest absolute Gasteiger partial charge is 0.329 e. The lowest BCUT2D eigenvalue weighted by atomic mass is 10.1. The van der Waals surface area contributed by atoms with Crippen LogP contribution in [0, 0.1) is 16.0 Å². The summed E-state index contributed by atoms with van der Waals surface area (Å²) in [5.41, 5.74) is 0.335. The molecule has 5 nitrogen and oxygen atoms in total. The maximum atomic E-state index is 10.9. The predicted octanol–water partition coefficient (Wildman–Crippen LogP) is 3.24. The van der Waals surface area contributed by atoms with E-state index in [4.69, 9.17) is 11.6 Å². The fourth-order valence-corrected chi connectivity index (χ4v) is 2.20. The minimum Gasteiger partial charge on any atom is -0.376 e. The first-order valence-electron chi connectivity index (χ1n) is 5.69. The molecule has 1 aliphatic rings. The second kappa shape index (κ2) is 4.87. The molecule has 0 radical (unpaired) electrons. The van der Waals surface area contributed by atoms with Gasteiger partial charge in [0.25, 0.3) is 0 Å². The first-order chi connectivity index (χ1) is 8.13. The van der Waals surface area contributed by atoms with Gasteiger partial charge in [-0.25, -0.2) is 4.98 Å². The van der Waals surface area contributed by atoms with Crippen molar-refractivity contribution in [2.24, 2.45) is 5.92 Å². The van der Waals surface area contributed by atoms with Gasteiger partial charge in [-0.2, -0.15) is 0 Å². The van der Waals surface area contributed by atoms with Crippen LogP contribution in [0.4, 0.5) is 11.4 Å². The lowest BCUT2D eigenvalue weighted by Gasteiger charge is -2.17. The number of halogens is 1. The molecule has 6 heteroatoms. The Morgan fingerprint density at radius 1 is 1.71 bits per heavy atom. The Labute approximate surface area is 104 Å². The summed E-state index contributed by atoms with van der Waals surface area (Å²) in [5, 5.41) is 14.1. The Kier molecular flexibility index (Phi) is 3.47. The maximum absolute atomic E-state index is 10.9. The third-order valence-electron chi connectivity index (χ3n) is 3.03. The van der Waals surface area contributed by atoms with Crippen molar-refractivity contribution in [2.45, 2.75) is 32.2 Å². The van der Waals surface area contributed by atoms with Gasteiger partial charge >= 0.3 is 5.69 Å². The van der Waals surface area contributed by atoms with Crippen molar-refractivity contribution >= 4 is 23.0 Å². The van der Waals surface area contributed by atoms with Crippen molar-refractivity contribution in [3.63, 3.8) is 0 Å². The van der Waals surface area contributed by atoms with Crippen LogP contribution in [0.15, 0.2) is 12.3 Å². The molecule has 1 unspecified atom stereocenters. The fraction of sp³-hybridized carbons (Fsp3) is 0.545. The third kappa shape index (κ3) is 2.66. The molecule has 0 amide bonds. The molecule has 1 heterocycles. The summed E-state index contributed by atoms with van der Waals surface area (Å²) < 4.78 is 0. The molecule has 1 aliphatic carbocycles. The Hall–Kier alpha value is -1.36. The van der Waals surface area contributed by atoms with Crippen molar-refractivity contribution in [1.29, 1.82) is 0 Å². The number of aromatic nitrogens is 1. The van der Waals surface area contributed by atoms with Gasteiger partial charge in [0.1, 0.15) is 5.69 Å². The molecular formula is C11H14ClN3O2. The molecule has 0 spiro atoms. The van der Waals surface area contributed by atoms with E-state index in [0.29, 0.717) is 11.6 Å². The van der Waals surface area contributed by atoms with Crippen LogP contribution in [0.1, 0.15) is 26.2 Å². The fourth-order valence-electron chi connectivity index (χ4n) is 1.97. The molecule has 2 rings (SSSR count). The third-order valence-corrected chi connectivity index (χ3v) is 3.31. The van der Waals surface area contributed by atoms with E-state index in [1.165, 1.54) is 19.0 Å². The van der Waals surface area contributed by atoms with Crippen molar-refractivity contribution in [1.82, 2.24) is 4.98 Å². The molecule has 1 N–H and O–H groups in total. The molecule has 0 aromatic carbocycles. The van der Waals surface area contributed by atoms with Crippen LogP contribution in [-0.4, -0.2) is 15.9 Å². The van der Waals surface area contributed by atoms with Crippen LogP contribution in [0.3, 0.4) is 0 Å². The molecule has 1 saturated carbocycles. The second-order valence-electron chi connectivity index (χ2n) is 4.25. The van der Waals surface area contributed by atoms with Gasteiger partial charge in [0.2, 0.25) is 5.15 Å². The monoisotopic (exact) mass is 255 g/mol. The van der Waals surface area contributed by atoms with E-state index in [0.717, 1.165) is 6.42 Å². The van der Waals surface area contributed by atoms with E-state index < -0.39 is 4.92 Å². The van der Waals surface area contributed by atoms with E-state index in [9.17, 15) is 10.1 Å². The number of hydrogen-bond acceptors (Lipinski definition) is 4. The molecule has 0 saturated heterocycles. The Bertz CT molecular complexity index is 435. The number of nitro groups is 1. The zero-order chi connectivity index (χ0) is 12.4. The summed E-state index contributed by atoms with van der Waals surface area (Å²) >= 11 is 5.75. The quantitative estimate of drug-likeness (QED) is 0.498. The lowest BCUT2D eigenvalue weighted by Crippen LogP contribution is -2.21. The highest BCUT2D eigenvalue weighted by Gasteiger charge is 2.31. The predicted molar refractivity (Wildman–Crippen MR) is 66.3 cm³/mol. The van der Waals surface area contributed by atoms with Crippen LogP contribution in [0.25, 0.3) is 0 Å². The summed E-state index contributed by atoms with van der Waals surface area (Å²) in [4.78, 5) is 14.2. The zero-order valence-electron chi connectivity index (χ0n) is 9.52. The summed E-state index contributed by atoms with van der Waals surface area (Å²) in [6.45, 7) is 2.07. The number of hydrogen-bond donors (Lipinski definition) is 1. The largest absolute Gasteiger partial charge is 0.376 e. The van der Waals surface area contributed by atoms with E-state index in [1.54, 1.807) is 6.07 Å². The van der Waals surface area contributed by atoms with Crippen LogP contribution in [-0.2, 0) is 0 Å². The molecule has 17 heavy (non-hydrogen) atoms. The van der Waals surface area contributed by atoms with Crippen LogP contribution in [0.5, 0.6) is 0 Å². The number of pyridine rings is 1. The van der Waals surface area contributed by atoms with E-state index >= 15 is 0 Å². The first-order valence-corrected chi connectivity index (χ1v) is 6.06. The average Bonchev–Trinajstić information content (AvgIpc) is 3.09. The van der Waals surface area contributed by atoms with Crippen molar-refractivity contribution in [3.8, 4) is 0 Å². The standard InChI is InChI=1S/C11H14ClN3O2/c1-2-8(7-3-4-7)14-9-5-6-13-11(12)10(9)15(16)17/h5-8H,2-4H2,1H3,(H,13,14). The summed E-state index contributed by atoms with van der Waals surface area (Å²) in [6.07, 6.45) is 4.81. The Morgan fingerprint density at radius 3 is 2.94 bits per heavy atom. The molecule has 92 valence electrons. The van der Waals surface area contributed by atoms with Crippen molar-refractivity contribution < 1.29 is 4.92 Å². The number of anilines is 1. The first kappa shape index (κ1) is 12.1. The van der Waals surface area contributed by atoms with Gasteiger partial charge in [-0.05, 0) is 31.2 Å². The van der Waals surface area contributed by atoms with Crippen molar-refractivity contribution in [2.75, 3.05) is 5.32 Å². The van der Waals surface area contributed by atoms with Crippen molar-refractivity contribution in [3.05, 3.63) is 27.5 Å². The highest BCUT2D eigenvalue weighted by atomic mass is 35.5. The number of nitrogens with one attached hydrogen (secondary N) is 1. The lowest BCUT2D eigenvalue weighted by molar-refractivity contribution is -0.384. The molecule has 1 aromatic rings. The van der Waals surface area contributed by atoms with Gasteiger partial charge in [-0.3, -0.25) is 10.1 Å². The molecule has 1 atom stereocenters. The minimum atomic E-state index is -0.489. The summed E-state index contributed by atoms with van der Waals surface area (Å²) in [5.74, 6) is 0.631. The SMILES string of the molecule is CCC(Nc1ccnc(Cl)c1[N+](=O)[O-])C1CC1. The normalized spacial score (nSPS) is 16.6. The van der Waals surface area contributed by atoms with Gasteiger partial charge < -0.3 is 5.32 Å². The van der Waals surface area contributed by atoms with E-state index in [-0.39, 0.29) is 16.9 Å². The van der Waals surface area contributed by atoms with E-state index in [1.807, 2.05) is 0 Å². The number of nitrogens with zero attached hydrogens (tertiary/aromatic N) is 2. The molecular weight excluding hydrogens is 242 g/mol. The van der Waals surface area contributed by atoms with Crippen LogP contribution >= 0.6 is 11.6 Å². The van der Waals surface area contributed by atoms with Gasteiger partial charge in [0.05, 0.1) is 4.92 Å². The Morgan fingerprint density at radius 2 is 2.41 bits per heavy atom. The Balaban J connectivity index is 2.24. The molecule has 0 bridgehead atoms. The van der Waals surface area contributed by atoms with Crippen LogP contribution in [0.2, 0.25) is 5.15 Å². The minimum absolute atomic E-state index is 0.0642. The molecule has 0 aliphatic heterocycles. The number of rotatable bonds is 5. The van der Waals surface area contributed by atoms with E-state index in [2.05, 4.69) is 17.2 Å². The van der Waals surface area contributed by atoms with Crippen LogP contribution < -0.4 is 5.32 Å².